The van der Waals surface area contributed by atoms with Gasteiger partial charge in [0.15, 0.2) is 11.5 Å². The first-order valence-corrected chi connectivity index (χ1v) is 5.49. The van der Waals surface area contributed by atoms with Crippen molar-refractivity contribution in [2.45, 2.75) is 19.8 Å². The first kappa shape index (κ1) is 12.2. The number of hydrogen-bond acceptors (Lipinski definition) is 5. The number of amides is 1. The number of ether oxygens (including phenoxy) is 2. The third kappa shape index (κ3) is 2.34. The maximum Gasteiger partial charge on any atom is 0.296 e. The molecule has 0 radical (unpaired) electrons. The van der Waals surface area contributed by atoms with Crippen LogP contribution in [0.4, 0.5) is 11.4 Å². The number of anilines is 1. The summed E-state index contributed by atoms with van der Waals surface area (Å²) in [6.45, 7) is 1.88. The minimum absolute atomic E-state index is 0.0266. The molecule has 0 saturated carbocycles. The molecule has 0 saturated heterocycles. The maximum absolute atomic E-state index is 11.5. The quantitative estimate of drug-likeness (QED) is 0.654. The van der Waals surface area contributed by atoms with Crippen LogP contribution < -0.4 is 14.8 Å². The van der Waals surface area contributed by atoms with E-state index in [1.54, 1.807) is 0 Å². The molecule has 0 bridgehead atoms. The number of nitrogens with one attached hydrogen (secondary N) is 1. The predicted octanol–water partition coefficient (Wildman–Crippen LogP) is 2.06. The van der Waals surface area contributed by atoms with Gasteiger partial charge in [-0.1, -0.05) is 6.92 Å². The van der Waals surface area contributed by atoms with E-state index in [-0.39, 0.29) is 24.1 Å². The highest BCUT2D eigenvalue weighted by Gasteiger charge is 2.24. The highest BCUT2D eigenvalue weighted by Crippen LogP contribution is 2.40. The van der Waals surface area contributed by atoms with Gasteiger partial charge in [0.1, 0.15) is 5.69 Å². The van der Waals surface area contributed by atoms with Gasteiger partial charge in [0.05, 0.1) is 11.0 Å². The minimum Gasteiger partial charge on any atom is -0.454 e. The average Bonchev–Trinajstić information content (AvgIpc) is 2.74. The molecule has 7 nitrogen and oxygen atoms in total. The minimum atomic E-state index is -0.566. The Morgan fingerprint density at radius 2 is 2.11 bits per heavy atom. The highest BCUT2D eigenvalue weighted by molar-refractivity contribution is 5.93. The first-order chi connectivity index (χ1) is 8.61. The lowest BCUT2D eigenvalue weighted by atomic mass is 10.2. The number of benzene rings is 1. The van der Waals surface area contributed by atoms with Gasteiger partial charge in [0.2, 0.25) is 12.7 Å². The molecule has 18 heavy (non-hydrogen) atoms. The molecule has 0 spiro atoms. The van der Waals surface area contributed by atoms with Crippen molar-refractivity contribution in [1.82, 2.24) is 0 Å². The summed E-state index contributed by atoms with van der Waals surface area (Å²) in [5.41, 5.74) is -0.0774. The van der Waals surface area contributed by atoms with Crippen LogP contribution in [0.15, 0.2) is 12.1 Å². The molecule has 1 heterocycles. The smallest absolute Gasteiger partial charge is 0.296 e. The summed E-state index contributed by atoms with van der Waals surface area (Å²) in [5.74, 6) is 0.446. The van der Waals surface area contributed by atoms with Crippen LogP contribution in [-0.2, 0) is 4.79 Å². The Morgan fingerprint density at radius 1 is 1.44 bits per heavy atom. The van der Waals surface area contributed by atoms with Gasteiger partial charge in [-0.15, -0.1) is 0 Å². The van der Waals surface area contributed by atoms with E-state index in [4.69, 9.17) is 9.47 Å². The topological polar surface area (TPSA) is 90.7 Å². The van der Waals surface area contributed by atoms with Crippen molar-refractivity contribution in [2.75, 3.05) is 12.1 Å². The number of nitro groups is 1. The molecule has 1 aliphatic heterocycles. The molecule has 0 aliphatic carbocycles. The van der Waals surface area contributed by atoms with E-state index in [1.165, 1.54) is 12.1 Å². The van der Waals surface area contributed by atoms with Crippen molar-refractivity contribution >= 4 is 17.3 Å². The van der Waals surface area contributed by atoms with Crippen LogP contribution in [0.1, 0.15) is 19.8 Å². The fourth-order valence-corrected chi connectivity index (χ4v) is 1.62. The molecule has 0 atom stereocenters. The lowest BCUT2D eigenvalue weighted by Gasteiger charge is -2.06. The van der Waals surface area contributed by atoms with Crippen molar-refractivity contribution < 1.29 is 19.2 Å². The Balaban J connectivity index is 2.32. The second-order valence-electron chi connectivity index (χ2n) is 3.78. The van der Waals surface area contributed by atoms with Gasteiger partial charge in [-0.3, -0.25) is 14.9 Å². The molecule has 1 aromatic carbocycles. The molecule has 0 aromatic heterocycles. The van der Waals surface area contributed by atoms with E-state index >= 15 is 0 Å². The third-order valence-corrected chi connectivity index (χ3v) is 2.44. The zero-order valence-electron chi connectivity index (χ0n) is 9.76. The number of fused-ring (bicyclic) bond motifs is 1. The van der Waals surface area contributed by atoms with E-state index in [0.717, 1.165) is 0 Å². The zero-order chi connectivity index (χ0) is 13.1. The Bertz CT molecular complexity index is 500. The molecule has 7 heteroatoms. The van der Waals surface area contributed by atoms with E-state index < -0.39 is 4.92 Å². The molecule has 1 amide bonds. The summed E-state index contributed by atoms with van der Waals surface area (Å²) in [7, 11) is 0. The van der Waals surface area contributed by atoms with Crippen molar-refractivity contribution in [1.29, 1.82) is 0 Å². The summed E-state index contributed by atoms with van der Waals surface area (Å²) < 4.78 is 10.2. The molecular formula is C11H12N2O5. The van der Waals surface area contributed by atoms with Gasteiger partial charge in [0, 0.05) is 12.5 Å². The van der Waals surface area contributed by atoms with E-state index in [2.05, 4.69) is 5.32 Å². The molecule has 96 valence electrons. The van der Waals surface area contributed by atoms with Gasteiger partial charge in [-0.05, 0) is 6.42 Å². The molecule has 2 rings (SSSR count). The van der Waals surface area contributed by atoms with Crippen molar-refractivity contribution in [3.8, 4) is 11.5 Å². The Kier molecular flexibility index (Phi) is 3.31. The van der Waals surface area contributed by atoms with E-state index in [9.17, 15) is 14.9 Å². The summed E-state index contributed by atoms with van der Waals surface area (Å²) in [4.78, 5) is 21.8. The summed E-state index contributed by atoms with van der Waals surface area (Å²) >= 11 is 0. The highest BCUT2D eigenvalue weighted by atomic mass is 16.7. The van der Waals surface area contributed by atoms with Gasteiger partial charge < -0.3 is 14.8 Å². The third-order valence-electron chi connectivity index (χ3n) is 2.44. The Morgan fingerprint density at radius 3 is 2.72 bits per heavy atom. The number of nitrogens with zero attached hydrogens (tertiary/aromatic N) is 1. The first-order valence-electron chi connectivity index (χ1n) is 5.49. The largest absolute Gasteiger partial charge is 0.454 e. The Hall–Kier alpha value is -2.31. The molecular weight excluding hydrogens is 240 g/mol. The average molecular weight is 252 g/mol. The predicted molar refractivity (Wildman–Crippen MR) is 62.8 cm³/mol. The lowest BCUT2D eigenvalue weighted by Crippen LogP contribution is -2.12. The van der Waals surface area contributed by atoms with Crippen LogP contribution in [0.25, 0.3) is 0 Å². The van der Waals surface area contributed by atoms with Gasteiger partial charge in [-0.25, -0.2) is 0 Å². The van der Waals surface area contributed by atoms with Crippen LogP contribution in [-0.4, -0.2) is 17.6 Å². The Labute approximate surface area is 103 Å². The number of carbonyl (C=O) groups excluding carboxylic acids is 1. The van der Waals surface area contributed by atoms with Crippen LogP contribution in [0, 0.1) is 10.1 Å². The summed E-state index contributed by atoms with van der Waals surface area (Å²) in [6, 6.07) is 2.66. The number of carbonyl (C=O) groups is 1. The molecule has 0 fully saturated rings. The fraction of sp³-hybridized carbons (Fsp3) is 0.364. The second-order valence-corrected chi connectivity index (χ2v) is 3.78. The molecule has 1 N–H and O–H groups in total. The number of nitro benzene ring substituents is 1. The molecule has 0 unspecified atom stereocenters. The molecule has 1 aromatic rings. The lowest BCUT2D eigenvalue weighted by molar-refractivity contribution is -0.384. The monoisotopic (exact) mass is 252 g/mol. The second kappa shape index (κ2) is 4.91. The fourth-order valence-electron chi connectivity index (χ4n) is 1.62. The van der Waals surface area contributed by atoms with E-state index in [1.807, 2.05) is 6.92 Å². The zero-order valence-corrected chi connectivity index (χ0v) is 9.76. The number of rotatable bonds is 4. The molecule has 1 aliphatic rings. The van der Waals surface area contributed by atoms with Crippen molar-refractivity contribution in [3.05, 3.63) is 22.2 Å². The van der Waals surface area contributed by atoms with Crippen LogP contribution in [0.2, 0.25) is 0 Å². The SMILES string of the molecule is CCCC(=O)Nc1cc2c(cc1[N+](=O)[O-])OCO2. The number of hydrogen-bond donors (Lipinski definition) is 1. The van der Waals surface area contributed by atoms with Crippen LogP contribution >= 0.6 is 0 Å². The van der Waals surface area contributed by atoms with Crippen molar-refractivity contribution in [3.63, 3.8) is 0 Å². The summed E-state index contributed by atoms with van der Waals surface area (Å²) in [5, 5.41) is 13.4. The standard InChI is InChI=1S/C11H12N2O5/c1-2-3-11(14)12-7-4-9-10(18-6-17-9)5-8(7)13(15)16/h4-5H,2-3,6H2,1H3,(H,12,14). The van der Waals surface area contributed by atoms with Crippen LogP contribution in [0.5, 0.6) is 11.5 Å². The van der Waals surface area contributed by atoms with Gasteiger partial charge in [-0.2, -0.15) is 0 Å². The van der Waals surface area contributed by atoms with Crippen molar-refractivity contribution in [2.24, 2.45) is 0 Å². The van der Waals surface area contributed by atoms with Crippen LogP contribution in [0.3, 0.4) is 0 Å². The summed E-state index contributed by atoms with van der Waals surface area (Å²) in [6.07, 6.45) is 0.982. The maximum atomic E-state index is 11.5. The van der Waals surface area contributed by atoms with E-state index in [0.29, 0.717) is 24.3 Å². The van der Waals surface area contributed by atoms with Gasteiger partial charge >= 0.3 is 0 Å². The van der Waals surface area contributed by atoms with Gasteiger partial charge in [0.25, 0.3) is 5.69 Å². The normalized spacial score (nSPS) is 12.3.